The number of rotatable bonds is 13. The van der Waals surface area contributed by atoms with Crippen molar-refractivity contribution in [1.82, 2.24) is 10.6 Å². The monoisotopic (exact) mass is 664 g/mol. The number of carbonyl (C=O) groups is 7. The minimum atomic E-state index is -1.41. The summed E-state index contributed by atoms with van der Waals surface area (Å²) in [5.74, 6) is -5.26. The van der Waals surface area contributed by atoms with Crippen LogP contribution in [0.15, 0.2) is 0 Å². The third-order valence-electron chi connectivity index (χ3n) is 5.80. The van der Waals surface area contributed by atoms with Gasteiger partial charge in [0, 0.05) is 33.4 Å². The van der Waals surface area contributed by atoms with Gasteiger partial charge in [-0.1, -0.05) is 13.8 Å². The zero-order valence-electron chi connectivity index (χ0n) is 27.2. The lowest BCUT2D eigenvalue weighted by molar-refractivity contribution is -0.237. The number of alkyl carbamates (subject to hydrolysis) is 1. The van der Waals surface area contributed by atoms with Gasteiger partial charge in [-0.15, -0.1) is 11.8 Å². The third-order valence-corrected chi connectivity index (χ3v) is 7.03. The van der Waals surface area contributed by atoms with Gasteiger partial charge < -0.3 is 43.8 Å². The number of methoxy groups -OCH3 is 1. The largest absolute Gasteiger partial charge is 0.467 e. The van der Waals surface area contributed by atoms with E-state index >= 15 is 0 Å². The molecule has 2 N–H and O–H groups in total. The number of hydrogen-bond acceptors (Lipinski definition) is 15. The molecular formula is C28H44N2O14S. The number of carbonyl (C=O) groups excluding carboxylic acids is 7. The minimum absolute atomic E-state index is 0.233. The molecular weight excluding hydrogens is 620 g/mol. The number of ether oxygens (including phenoxy) is 7. The van der Waals surface area contributed by atoms with Crippen molar-refractivity contribution in [3.8, 4) is 0 Å². The number of amides is 2. The van der Waals surface area contributed by atoms with Gasteiger partial charge in [-0.25, -0.2) is 9.59 Å². The van der Waals surface area contributed by atoms with Crippen LogP contribution in [0.25, 0.3) is 0 Å². The molecule has 0 spiro atoms. The Morgan fingerprint density at radius 1 is 0.800 bits per heavy atom. The van der Waals surface area contributed by atoms with E-state index in [2.05, 4.69) is 10.6 Å². The van der Waals surface area contributed by atoms with Crippen molar-refractivity contribution in [2.75, 3.05) is 19.5 Å². The maximum absolute atomic E-state index is 13.2. The minimum Gasteiger partial charge on any atom is -0.467 e. The van der Waals surface area contributed by atoms with Gasteiger partial charge in [-0.2, -0.15) is 0 Å². The van der Waals surface area contributed by atoms with E-state index in [0.717, 1.165) is 46.6 Å². The summed E-state index contributed by atoms with van der Waals surface area (Å²) >= 11 is 0.874. The van der Waals surface area contributed by atoms with Crippen LogP contribution in [-0.2, 0) is 61.9 Å². The van der Waals surface area contributed by atoms with E-state index in [1.165, 1.54) is 0 Å². The number of nitrogens with one attached hydrogen (secondary N) is 2. The van der Waals surface area contributed by atoms with Crippen molar-refractivity contribution in [3.05, 3.63) is 0 Å². The van der Waals surface area contributed by atoms with E-state index in [9.17, 15) is 33.6 Å². The fraction of sp³-hybridized carbons (Fsp3) is 0.750. The molecule has 1 heterocycles. The van der Waals surface area contributed by atoms with E-state index in [0.29, 0.717) is 0 Å². The van der Waals surface area contributed by atoms with Crippen molar-refractivity contribution in [3.63, 3.8) is 0 Å². The third kappa shape index (κ3) is 13.9. The number of esters is 5. The van der Waals surface area contributed by atoms with E-state index in [1.54, 1.807) is 34.6 Å². The summed E-state index contributed by atoms with van der Waals surface area (Å²) in [6, 6.07) is -2.40. The molecule has 7 atom stereocenters. The lowest BCUT2D eigenvalue weighted by Gasteiger charge is -2.44. The Labute approximate surface area is 266 Å². The Morgan fingerprint density at radius 3 is 1.80 bits per heavy atom. The molecule has 0 bridgehead atoms. The maximum atomic E-state index is 13.2. The molecule has 0 aromatic heterocycles. The number of thioether (sulfide) groups is 1. The van der Waals surface area contributed by atoms with Gasteiger partial charge in [-0.3, -0.25) is 24.0 Å². The first-order valence-corrected chi connectivity index (χ1v) is 15.1. The first-order valence-electron chi connectivity index (χ1n) is 14.1. The average Bonchev–Trinajstić information content (AvgIpc) is 2.88. The lowest BCUT2D eigenvalue weighted by Crippen LogP contribution is -2.62. The Balaban J connectivity index is 3.35. The van der Waals surface area contributed by atoms with Crippen LogP contribution in [0.3, 0.4) is 0 Å². The quantitative estimate of drug-likeness (QED) is 0.208. The van der Waals surface area contributed by atoms with Crippen molar-refractivity contribution in [2.45, 2.75) is 110 Å². The van der Waals surface area contributed by atoms with E-state index in [4.69, 9.17) is 33.2 Å². The Hall–Kier alpha value is -3.60. The molecule has 0 aromatic rings. The Morgan fingerprint density at radius 2 is 1.33 bits per heavy atom. The Bertz CT molecular complexity index is 1090. The van der Waals surface area contributed by atoms with Gasteiger partial charge in [0.15, 0.2) is 18.3 Å². The average molecular weight is 665 g/mol. The van der Waals surface area contributed by atoms with Crippen LogP contribution in [0.5, 0.6) is 0 Å². The molecule has 45 heavy (non-hydrogen) atoms. The molecule has 0 aromatic carbocycles. The highest BCUT2D eigenvalue weighted by atomic mass is 32.2. The van der Waals surface area contributed by atoms with E-state index < -0.39 is 102 Å². The summed E-state index contributed by atoms with van der Waals surface area (Å²) in [4.78, 5) is 86.0. The van der Waals surface area contributed by atoms with Crippen LogP contribution in [0.4, 0.5) is 4.79 Å². The molecule has 0 aliphatic carbocycles. The first-order chi connectivity index (χ1) is 20.7. The molecule has 0 saturated carbocycles. The van der Waals surface area contributed by atoms with Crippen molar-refractivity contribution < 1.29 is 66.7 Å². The molecule has 1 aliphatic heterocycles. The predicted octanol–water partition coefficient (Wildman–Crippen LogP) is 1.01. The smallest absolute Gasteiger partial charge is 0.408 e. The molecule has 256 valence electrons. The second-order valence-electron chi connectivity index (χ2n) is 11.4. The van der Waals surface area contributed by atoms with Gasteiger partial charge in [0.05, 0.1) is 7.11 Å². The van der Waals surface area contributed by atoms with Gasteiger partial charge in [0.1, 0.15) is 35.8 Å². The van der Waals surface area contributed by atoms with Gasteiger partial charge in [0.25, 0.3) is 0 Å². The maximum Gasteiger partial charge on any atom is 0.408 e. The van der Waals surface area contributed by atoms with Crippen LogP contribution >= 0.6 is 11.8 Å². The summed E-state index contributed by atoms with van der Waals surface area (Å²) in [6.07, 6.45) is -6.16. The van der Waals surface area contributed by atoms with Crippen LogP contribution in [-0.4, -0.2) is 109 Å². The van der Waals surface area contributed by atoms with Gasteiger partial charge in [0.2, 0.25) is 5.91 Å². The van der Waals surface area contributed by atoms with Gasteiger partial charge in [-0.05, 0) is 26.7 Å². The van der Waals surface area contributed by atoms with Crippen LogP contribution in [0, 0.1) is 5.92 Å². The van der Waals surface area contributed by atoms with Crippen molar-refractivity contribution >= 4 is 53.6 Å². The first kappa shape index (κ1) is 39.4. The summed E-state index contributed by atoms with van der Waals surface area (Å²) in [7, 11) is 1.11. The van der Waals surface area contributed by atoms with Crippen LogP contribution < -0.4 is 10.6 Å². The second kappa shape index (κ2) is 17.8. The summed E-state index contributed by atoms with van der Waals surface area (Å²) in [5, 5.41) is 5.05. The van der Waals surface area contributed by atoms with E-state index in [1.807, 2.05) is 0 Å². The fourth-order valence-corrected chi connectivity index (χ4v) is 5.28. The molecule has 0 radical (unpaired) electrons. The van der Waals surface area contributed by atoms with Crippen molar-refractivity contribution in [1.29, 1.82) is 0 Å². The molecule has 16 nitrogen and oxygen atoms in total. The normalized spacial score (nSPS) is 22.6. The predicted molar refractivity (Wildman–Crippen MR) is 156 cm³/mol. The van der Waals surface area contributed by atoms with Gasteiger partial charge >= 0.3 is 35.9 Å². The lowest BCUT2D eigenvalue weighted by atomic mass is 9.99. The fourth-order valence-electron chi connectivity index (χ4n) is 4.06. The molecule has 2 amide bonds. The summed E-state index contributed by atoms with van der Waals surface area (Å²) in [5.41, 5.74) is -2.02. The highest BCUT2D eigenvalue weighted by molar-refractivity contribution is 7.99. The molecule has 17 heteroatoms. The topological polar surface area (TPSA) is 208 Å². The second-order valence-corrected chi connectivity index (χ2v) is 12.5. The zero-order chi connectivity index (χ0) is 34.6. The van der Waals surface area contributed by atoms with Crippen LogP contribution in [0.2, 0.25) is 0 Å². The van der Waals surface area contributed by atoms with E-state index in [-0.39, 0.29) is 5.75 Å². The molecule has 1 fully saturated rings. The summed E-state index contributed by atoms with van der Waals surface area (Å²) in [6.45, 7) is 12.3. The summed E-state index contributed by atoms with van der Waals surface area (Å²) < 4.78 is 37.4. The SMILES string of the molecule is COC(=O)C(CSC1OC(COC(C)=O)C(OC(C)=O)C(OC(C)=O)C1OC(C)=O)NC(=O)C(NC(=O)OC(C)(C)C)C(C)C. The molecule has 1 rings (SSSR count). The highest BCUT2D eigenvalue weighted by Gasteiger charge is 2.52. The highest BCUT2D eigenvalue weighted by Crippen LogP contribution is 2.34. The molecule has 7 unspecified atom stereocenters. The molecule has 1 saturated heterocycles. The zero-order valence-corrected chi connectivity index (χ0v) is 28.0. The molecule has 1 aliphatic rings. The number of hydrogen-bond donors (Lipinski definition) is 2. The Kier molecular flexibility index (Phi) is 15.6. The van der Waals surface area contributed by atoms with Crippen LogP contribution in [0.1, 0.15) is 62.3 Å². The standard InChI is InChI=1S/C28H44N2O14S/c1-13(2)20(30-27(37)44-28(7,8)9)24(35)29-18(25(36)38-10)12-45-26-23(42-17(6)34)22(41-16(5)33)21(40-15(4)32)19(43-26)11-39-14(3)31/h13,18-23,26H,11-12H2,1-10H3,(H,29,35)(H,30,37). The van der Waals surface area contributed by atoms with Crippen molar-refractivity contribution in [2.24, 2.45) is 5.92 Å².